The number of aromatic nitrogens is 2. The number of alkyl halides is 6. The average molecular weight is 628 g/mol. The topological polar surface area (TPSA) is 106 Å². The Morgan fingerprint density at radius 3 is 2.13 bits per heavy atom. The predicted octanol–water partition coefficient (Wildman–Crippen LogP) is 4.13. The SMILES string of the molecule is O=C1C(Cc2c(Cl)cc(S(=O)(=O)C(F)(F)F)cc2Cl)CCN1[C@@H]1CCc2ncn(S(=O)(=O)C(F)(F)F)c2C1. The Kier molecular flexibility index (Phi) is 7.28. The van der Waals surface area contributed by atoms with Crippen molar-refractivity contribution in [3.05, 3.63) is 45.5 Å². The Morgan fingerprint density at radius 1 is 0.974 bits per heavy atom. The number of sulfone groups is 1. The third-order valence-corrected chi connectivity index (χ3v) is 10.1. The number of carbonyl (C=O) groups excluding carboxylic acids is 1. The molecule has 2 aliphatic rings. The lowest BCUT2D eigenvalue weighted by Crippen LogP contribution is -2.42. The van der Waals surface area contributed by atoms with Crippen LogP contribution in [0.3, 0.4) is 0 Å². The summed E-state index contributed by atoms with van der Waals surface area (Å²) in [5.41, 5.74) is -11.0. The summed E-state index contributed by atoms with van der Waals surface area (Å²) in [6.07, 6.45) is 0.989. The van der Waals surface area contributed by atoms with Crippen molar-refractivity contribution in [3.8, 4) is 0 Å². The van der Waals surface area contributed by atoms with Crippen LogP contribution in [0.5, 0.6) is 0 Å². The summed E-state index contributed by atoms with van der Waals surface area (Å²) in [7, 11) is -11.4. The maximum atomic E-state index is 13.2. The number of fused-ring (bicyclic) bond motifs is 1. The molecule has 2 heterocycles. The maximum absolute atomic E-state index is 13.2. The van der Waals surface area contributed by atoms with Crippen molar-refractivity contribution >= 4 is 49.0 Å². The van der Waals surface area contributed by atoms with E-state index in [-0.39, 0.29) is 63.2 Å². The van der Waals surface area contributed by atoms with Crippen LogP contribution in [0.2, 0.25) is 10.0 Å². The Labute approximate surface area is 222 Å². The van der Waals surface area contributed by atoms with Crippen molar-refractivity contribution in [1.29, 1.82) is 0 Å². The van der Waals surface area contributed by atoms with E-state index in [4.69, 9.17) is 23.2 Å². The number of benzene rings is 1. The molecule has 0 saturated carbocycles. The molecule has 1 aromatic carbocycles. The minimum Gasteiger partial charge on any atom is -0.339 e. The van der Waals surface area contributed by atoms with E-state index >= 15 is 0 Å². The first kappa shape index (κ1) is 29.0. The first-order valence-electron chi connectivity index (χ1n) is 10.8. The highest BCUT2D eigenvalue weighted by Gasteiger charge is 2.50. The van der Waals surface area contributed by atoms with E-state index in [2.05, 4.69) is 4.98 Å². The molecule has 0 spiro atoms. The van der Waals surface area contributed by atoms with Crippen LogP contribution in [0.15, 0.2) is 23.4 Å². The van der Waals surface area contributed by atoms with Crippen molar-refractivity contribution in [2.75, 3.05) is 6.54 Å². The van der Waals surface area contributed by atoms with Crippen LogP contribution in [-0.2, 0) is 43.9 Å². The molecule has 210 valence electrons. The predicted molar refractivity (Wildman–Crippen MR) is 122 cm³/mol. The molecule has 0 radical (unpaired) electrons. The first-order chi connectivity index (χ1) is 17.4. The number of likely N-dealkylation sites (tertiary alicyclic amines) is 1. The lowest BCUT2D eigenvalue weighted by molar-refractivity contribution is -0.133. The van der Waals surface area contributed by atoms with E-state index in [1.54, 1.807) is 0 Å². The van der Waals surface area contributed by atoms with Crippen molar-refractivity contribution in [1.82, 2.24) is 13.9 Å². The van der Waals surface area contributed by atoms with Crippen molar-refractivity contribution < 1.29 is 48.0 Å². The zero-order valence-corrected chi connectivity index (χ0v) is 22.0. The van der Waals surface area contributed by atoms with Crippen LogP contribution in [0.4, 0.5) is 26.3 Å². The number of imidazole rings is 1. The molecule has 2 atom stereocenters. The maximum Gasteiger partial charge on any atom is 0.517 e. The van der Waals surface area contributed by atoms with Crippen molar-refractivity contribution in [3.63, 3.8) is 0 Å². The molecule has 1 aliphatic heterocycles. The highest BCUT2D eigenvalue weighted by atomic mass is 35.5. The Balaban J connectivity index is 1.53. The van der Waals surface area contributed by atoms with E-state index in [0.29, 0.717) is 24.9 Å². The summed E-state index contributed by atoms with van der Waals surface area (Å²) in [4.78, 5) is 17.2. The first-order valence-corrected chi connectivity index (χ1v) is 14.5. The van der Waals surface area contributed by atoms with Gasteiger partial charge in [0.05, 0.1) is 16.3 Å². The largest absolute Gasteiger partial charge is 0.517 e. The van der Waals surface area contributed by atoms with Gasteiger partial charge in [-0.25, -0.2) is 17.4 Å². The number of carbonyl (C=O) groups is 1. The van der Waals surface area contributed by atoms with Gasteiger partial charge in [0.2, 0.25) is 5.91 Å². The fourth-order valence-corrected chi connectivity index (χ4v) is 7.10. The Hall–Kier alpha value is -2.04. The molecule has 0 N–H and O–H groups in total. The van der Waals surface area contributed by atoms with Crippen LogP contribution >= 0.6 is 23.2 Å². The normalized spacial score (nSPS) is 21.2. The molecule has 1 amide bonds. The van der Waals surface area contributed by atoms with E-state index in [1.165, 1.54) is 4.90 Å². The van der Waals surface area contributed by atoms with E-state index < -0.39 is 53.6 Å². The number of rotatable bonds is 5. The average Bonchev–Trinajstić information content (AvgIpc) is 3.37. The smallest absolute Gasteiger partial charge is 0.339 e. The Morgan fingerprint density at radius 2 is 1.58 bits per heavy atom. The van der Waals surface area contributed by atoms with Gasteiger partial charge in [-0.05, 0) is 43.4 Å². The summed E-state index contributed by atoms with van der Waals surface area (Å²) < 4.78 is 125. The van der Waals surface area contributed by atoms with Gasteiger partial charge in [-0.1, -0.05) is 23.2 Å². The van der Waals surface area contributed by atoms with Crippen molar-refractivity contribution in [2.24, 2.45) is 5.92 Å². The number of halogens is 8. The fraction of sp³-hybridized carbons (Fsp3) is 0.500. The number of nitrogens with zero attached hydrogens (tertiary/aromatic N) is 3. The van der Waals surface area contributed by atoms with Crippen LogP contribution in [0.1, 0.15) is 29.8 Å². The highest BCUT2D eigenvalue weighted by Crippen LogP contribution is 2.38. The summed E-state index contributed by atoms with van der Waals surface area (Å²) >= 11 is 12.1. The standard InChI is InChI=1S/C20H17Cl2F6N3O5S2/c21-14-7-12(37(33,34)19(23,24)25)8-15(22)13(14)5-10-3-4-30(18(10)32)11-1-2-16-17(6-11)31(9-29-16)38(35,36)20(26,27)28/h7-11H,1-6H2/t10?,11-/m1/s1. The fourth-order valence-electron chi connectivity index (χ4n) is 4.65. The summed E-state index contributed by atoms with van der Waals surface area (Å²) in [6, 6.07) is 0.589. The van der Waals surface area contributed by atoms with E-state index in [1.807, 2.05) is 0 Å². The lowest BCUT2D eigenvalue weighted by Gasteiger charge is -2.31. The van der Waals surface area contributed by atoms with Crippen LogP contribution in [0.25, 0.3) is 0 Å². The molecule has 1 saturated heterocycles. The summed E-state index contributed by atoms with van der Waals surface area (Å²) in [6.45, 7) is 0.180. The molecule has 8 nitrogen and oxygen atoms in total. The zero-order chi connectivity index (χ0) is 28.4. The second-order valence-electron chi connectivity index (χ2n) is 8.82. The summed E-state index contributed by atoms with van der Waals surface area (Å²) in [5, 5.41) is -0.759. The molecule has 2 aromatic rings. The highest BCUT2D eigenvalue weighted by molar-refractivity contribution is 7.92. The Bertz CT molecular complexity index is 1480. The van der Waals surface area contributed by atoms with Gasteiger partial charge in [-0.15, -0.1) is 0 Å². The summed E-state index contributed by atoms with van der Waals surface area (Å²) in [5.74, 6) is -1.18. The van der Waals surface area contributed by atoms with Crippen molar-refractivity contribution in [2.45, 2.75) is 54.1 Å². The van der Waals surface area contributed by atoms with Crippen LogP contribution in [0, 0.1) is 5.92 Å². The molecule has 38 heavy (non-hydrogen) atoms. The van der Waals surface area contributed by atoms with Gasteiger partial charge in [0, 0.05) is 35.0 Å². The number of hydrogen-bond acceptors (Lipinski definition) is 6. The molecule has 1 unspecified atom stereocenters. The molecule has 18 heteroatoms. The van der Waals surface area contributed by atoms with E-state index in [0.717, 1.165) is 0 Å². The molecule has 4 rings (SSSR count). The molecule has 1 aliphatic carbocycles. The second kappa shape index (κ2) is 9.55. The zero-order valence-electron chi connectivity index (χ0n) is 18.9. The van der Waals surface area contributed by atoms with Gasteiger partial charge >= 0.3 is 21.0 Å². The van der Waals surface area contributed by atoms with E-state index in [9.17, 15) is 48.0 Å². The van der Waals surface area contributed by atoms with Gasteiger partial charge < -0.3 is 4.90 Å². The number of hydrogen-bond donors (Lipinski definition) is 0. The molecule has 1 fully saturated rings. The van der Waals surface area contributed by atoms with Gasteiger partial charge in [0.25, 0.3) is 9.84 Å². The minimum atomic E-state index is -5.71. The van der Waals surface area contributed by atoms with Gasteiger partial charge in [0.15, 0.2) is 0 Å². The second-order valence-corrected chi connectivity index (χ2v) is 13.4. The third kappa shape index (κ3) is 4.88. The number of aryl methyl sites for hydroxylation is 1. The minimum absolute atomic E-state index is 0.0648. The van der Waals surface area contributed by atoms with Gasteiger partial charge in [-0.2, -0.15) is 34.8 Å². The lowest BCUT2D eigenvalue weighted by atomic mass is 9.94. The van der Waals surface area contributed by atoms with Crippen LogP contribution in [-0.4, -0.2) is 60.2 Å². The third-order valence-electron chi connectivity index (χ3n) is 6.58. The molecule has 0 bridgehead atoms. The molecular weight excluding hydrogens is 611 g/mol. The quantitative estimate of drug-likeness (QED) is 0.462. The van der Waals surface area contributed by atoms with Gasteiger partial charge in [-0.3, -0.25) is 4.79 Å². The molecular formula is C20H17Cl2F6N3O5S2. The monoisotopic (exact) mass is 627 g/mol. The molecule has 1 aromatic heterocycles. The van der Waals surface area contributed by atoms with Gasteiger partial charge in [0.1, 0.15) is 6.33 Å². The van der Waals surface area contributed by atoms with Crippen LogP contribution < -0.4 is 0 Å². The number of amides is 1.